The second kappa shape index (κ2) is 5.98. The van der Waals surface area contributed by atoms with Crippen molar-refractivity contribution >= 4 is 5.96 Å². The molecular weight excluding hydrogens is 234 g/mol. The van der Waals surface area contributed by atoms with Crippen molar-refractivity contribution in [2.75, 3.05) is 7.05 Å². The van der Waals surface area contributed by atoms with Gasteiger partial charge in [0.05, 0.1) is 0 Å². The highest BCUT2D eigenvalue weighted by atomic mass is 15.2. The van der Waals surface area contributed by atoms with Crippen LogP contribution in [0.15, 0.2) is 17.1 Å². The molecule has 0 heterocycles. The second-order valence-electron chi connectivity index (χ2n) is 6.40. The Kier molecular flexibility index (Phi) is 4.09. The van der Waals surface area contributed by atoms with Gasteiger partial charge in [-0.3, -0.25) is 4.99 Å². The van der Waals surface area contributed by atoms with E-state index in [9.17, 15) is 0 Å². The van der Waals surface area contributed by atoms with E-state index in [0.29, 0.717) is 12.1 Å². The van der Waals surface area contributed by atoms with Gasteiger partial charge in [-0.05, 0) is 31.1 Å². The highest BCUT2D eigenvalue weighted by Crippen LogP contribution is 2.44. The average Bonchev–Trinajstić information content (AvgIpc) is 3.03. The normalized spacial score (nSPS) is 32.6. The van der Waals surface area contributed by atoms with Crippen LogP contribution in [0.1, 0.15) is 51.4 Å². The zero-order valence-corrected chi connectivity index (χ0v) is 12.1. The first-order valence-electron chi connectivity index (χ1n) is 8.01. The van der Waals surface area contributed by atoms with Crippen LogP contribution in [0.25, 0.3) is 0 Å². The third-order valence-corrected chi connectivity index (χ3v) is 4.99. The first-order valence-corrected chi connectivity index (χ1v) is 8.01. The van der Waals surface area contributed by atoms with Crippen molar-refractivity contribution in [2.24, 2.45) is 16.8 Å². The highest BCUT2D eigenvalue weighted by Gasteiger charge is 2.43. The van der Waals surface area contributed by atoms with Crippen LogP contribution in [-0.4, -0.2) is 25.1 Å². The van der Waals surface area contributed by atoms with E-state index in [1.165, 1.54) is 38.5 Å². The molecule has 19 heavy (non-hydrogen) atoms. The average molecular weight is 261 g/mol. The van der Waals surface area contributed by atoms with E-state index in [1.54, 1.807) is 0 Å². The van der Waals surface area contributed by atoms with Crippen molar-refractivity contribution in [1.29, 1.82) is 0 Å². The van der Waals surface area contributed by atoms with Crippen LogP contribution in [0.2, 0.25) is 0 Å². The van der Waals surface area contributed by atoms with Crippen molar-refractivity contribution in [3.63, 3.8) is 0 Å². The minimum atomic E-state index is 0.554. The SMILES string of the molecule is CN=C(NC1CC=CC1)NC1CC1C1CCCCC1. The van der Waals surface area contributed by atoms with Crippen molar-refractivity contribution in [3.8, 4) is 0 Å². The highest BCUT2D eigenvalue weighted by molar-refractivity contribution is 5.80. The Labute approximate surface area is 117 Å². The molecule has 3 nitrogen and oxygen atoms in total. The Morgan fingerprint density at radius 3 is 2.47 bits per heavy atom. The molecule has 0 radical (unpaired) electrons. The smallest absolute Gasteiger partial charge is 0.191 e. The molecule has 106 valence electrons. The first-order chi connectivity index (χ1) is 9.36. The lowest BCUT2D eigenvalue weighted by Gasteiger charge is -2.22. The largest absolute Gasteiger partial charge is 0.353 e. The van der Waals surface area contributed by atoms with Crippen molar-refractivity contribution in [2.45, 2.75) is 63.5 Å². The van der Waals surface area contributed by atoms with Gasteiger partial charge in [-0.25, -0.2) is 0 Å². The van der Waals surface area contributed by atoms with Crippen LogP contribution in [0.5, 0.6) is 0 Å². The van der Waals surface area contributed by atoms with Gasteiger partial charge in [0, 0.05) is 19.1 Å². The molecule has 2 atom stereocenters. The Bertz CT molecular complexity index is 347. The van der Waals surface area contributed by atoms with Gasteiger partial charge in [-0.2, -0.15) is 0 Å². The van der Waals surface area contributed by atoms with Gasteiger partial charge in [0.15, 0.2) is 5.96 Å². The lowest BCUT2D eigenvalue weighted by molar-refractivity contribution is 0.315. The van der Waals surface area contributed by atoms with E-state index in [0.717, 1.165) is 30.6 Å². The number of aliphatic imine (C=N–C) groups is 1. The fourth-order valence-corrected chi connectivity index (χ4v) is 3.74. The minimum absolute atomic E-state index is 0.554. The molecule has 3 heteroatoms. The molecule has 3 rings (SSSR count). The number of hydrogen-bond acceptors (Lipinski definition) is 1. The molecule has 0 aromatic carbocycles. The lowest BCUT2D eigenvalue weighted by Crippen LogP contribution is -2.44. The summed E-state index contributed by atoms with van der Waals surface area (Å²) in [4.78, 5) is 4.38. The van der Waals surface area contributed by atoms with E-state index in [2.05, 4.69) is 27.8 Å². The van der Waals surface area contributed by atoms with E-state index < -0.39 is 0 Å². The third kappa shape index (κ3) is 3.31. The molecule has 0 amide bonds. The summed E-state index contributed by atoms with van der Waals surface area (Å²) in [5.41, 5.74) is 0. The summed E-state index contributed by atoms with van der Waals surface area (Å²) in [6, 6.07) is 1.24. The van der Waals surface area contributed by atoms with Crippen LogP contribution in [-0.2, 0) is 0 Å². The Morgan fingerprint density at radius 2 is 1.79 bits per heavy atom. The van der Waals surface area contributed by atoms with Gasteiger partial charge in [-0.1, -0.05) is 44.3 Å². The monoisotopic (exact) mass is 261 g/mol. The first kappa shape index (κ1) is 13.0. The van der Waals surface area contributed by atoms with Crippen molar-refractivity contribution in [1.82, 2.24) is 10.6 Å². The molecule has 3 aliphatic carbocycles. The maximum atomic E-state index is 4.38. The summed E-state index contributed by atoms with van der Waals surface area (Å²) in [5.74, 6) is 2.91. The summed E-state index contributed by atoms with van der Waals surface area (Å²) in [6.45, 7) is 0. The molecule has 2 fully saturated rings. The summed E-state index contributed by atoms with van der Waals surface area (Å²) in [5, 5.41) is 7.16. The Balaban J connectivity index is 1.43. The summed E-state index contributed by atoms with van der Waals surface area (Å²) in [7, 11) is 1.88. The molecule has 0 saturated heterocycles. The molecule has 0 aromatic rings. The minimum Gasteiger partial charge on any atom is -0.353 e. The van der Waals surface area contributed by atoms with Gasteiger partial charge in [0.25, 0.3) is 0 Å². The standard InChI is InChI=1S/C16H27N3/c1-17-16(18-13-9-5-6-10-13)19-15-11-14(15)12-7-3-2-4-8-12/h5-6,12-15H,2-4,7-11H2,1H3,(H2,17,18,19). The van der Waals surface area contributed by atoms with Gasteiger partial charge in [0.1, 0.15) is 0 Å². The maximum Gasteiger partial charge on any atom is 0.191 e. The topological polar surface area (TPSA) is 36.4 Å². The number of nitrogens with zero attached hydrogens (tertiary/aromatic N) is 1. The second-order valence-corrected chi connectivity index (χ2v) is 6.40. The number of nitrogens with one attached hydrogen (secondary N) is 2. The van der Waals surface area contributed by atoms with E-state index >= 15 is 0 Å². The summed E-state index contributed by atoms with van der Waals surface area (Å²) >= 11 is 0. The van der Waals surface area contributed by atoms with E-state index in [1.807, 2.05) is 7.05 Å². The third-order valence-electron chi connectivity index (χ3n) is 4.99. The predicted molar refractivity (Wildman–Crippen MR) is 80.3 cm³/mol. The van der Waals surface area contributed by atoms with Crippen molar-refractivity contribution < 1.29 is 0 Å². The quantitative estimate of drug-likeness (QED) is 0.465. The maximum absolute atomic E-state index is 4.38. The lowest BCUT2D eigenvalue weighted by atomic mass is 9.85. The van der Waals surface area contributed by atoms with E-state index in [-0.39, 0.29) is 0 Å². The van der Waals surface area contributed by atoms with Crippen LogP contribution >= 0.6 is 0 Å². The molecular formula is C16H27N3. The number of guanidine groups is 1. The zero-order chi connectivity index (χ0) is 13.1. The van der Waals surface area contributed by atoms with E-state index in [4.69, 9.17) is 0 Å². The fourth-order valence-electron chi connectivity index (χ4n) is 3.74. The van der Waals surface area contributed by atoms with Gasteiger partial charge in [-0.15, -0.1) is 0 Å². The molecule has 0 bridgehead atoms. The molecule has 3 aliphatic rings. The molecule has 0 spiro atoms. The van der Waals surface area contributed by atoms with Crippen molar-refractivity contribution in [3.05, 3.63) is 12.2 Å². The van der Waals surface area contributed by atoms with Crippen LogP contribution in [0.3, 0.4) is 0 Å². The summed E-state index contributed by atoms with van der Waals surface area (Å²) in [6.07, 6.45) is 15.4. The Morgan fingerprint density at radius 1 is 1.05 bits per heavy atom. The van der Waals surface area contributed by atoms with Gasteiger partial charge in [0.2, 0.25) is 0 Å². The zero-order valence-electron chi connectivity index (χ0n) is 12.1. The molecule has 2 N–H and O–H groups in total. The fraction of sp³-hybridized carbons (Fsp3) is 0.812. The molecule has 0 aromatic heterocycles. The molecule has 2 unspecified atom stereocenters. The number of hydrogen-bond donors (Lipinski definition) is 2. The van der Waals surface area contributed by atoms with Crippen LogP contribution < -0.4 is 10.6 Å². The Hall–Kier alpha value is -0.990. The summed E-state index contributed by atoms with van der Waals surface area (Å²) < 4.78 is 0. The predicted octanol–water partition coefficient (Wildman–Crippen LogP) is 2.84. The number of rotatable bonds is 3. The molecule has 2 saturated carbocycles. The molecule has 0 aliphatic heterocycles. The van der Waals surface area contributed by atoms with Crippen LogP contribution in [0, 0.1) is 11.8 Å². The van der Waals surface area contributed by atoms with Crippen LogP contribution in [0.4, 0.5) is 0 Å². The van der Waals surface area contributed by atoms with Gasteiger partial charge >= 0.3 is 0 Å². The van der Waals surface area contributed by atoms with Gasteiger partial charge < -0.3 is 10.6 Å².